The highest BCUT2D eigenvalue weighted by Crippen LogP contribution is 2.18. The van der Waals surface area contributed by atoms with Crippen LogP contribution in [0.1, 0.15) is 5.56 Å². The van der Waals surface area contributed by atoms with E-state index in [0.29, 0.717) is 0 Å². The largest absolute Gasteiger partial charge is 0.488 e. The lowest BCUT2D eigenvalue weighted by atomic mass is 10.2. The molecule has 0 saturated carbocycles. The summed E-state index contributed by atoms with van der Waals surface area (Å²) in [7, 11) is 0. The summed E-state index contributed by atoms with van der Waals surface area (Å²) in [6.07, 6.45) is 0. The first-order chi connectivity index (χ1) is 8.58. The second kappa shape index (κ2) is 5.08. The summed E-state index contributed by atoms with van der Waals surface area (Å²) in [6.45, 7) is -0.344. The third-order valence-corrected chi connectivity index (χ3v) is 2.24. The molecule has 0 heterocycles. The number of hydrogen-bond donors (Lipinski definition) is 0. The highest BCUT2D eigenvalue weighted by Gasteiger charge is 2.13. The standard InChI is InChI=1S/C13H7F4O/c14-9-2-1-3-10(6-9)18-7-8-4-5-11(15)13(17)12(8)16/h1-2,4-6H,7H2. The third kappa shape index (κ3) is 2.61. The minimum Gasteiger partial charge on any atom is -0.488 e. The van der Waals surface area contributed by atoms with Crippen molar-refractivity contribution in [3.8, 4) is 5.75 Å². The predicted molar refractivity (Wildman–Crippen MR) is 55.9 cm³/mol. The van der Waals surface area contributed by atoms with Gasteiger partial charge in [0.25, 0.3) is 0 Å². The summed E-state index contributed by atoms with van der Waals surface area (Å²) >= 11 is 0. The predicted octanol–water partition coefficient (Wildman–Crippen LogP) is 3.62. The molecule has 0 bridgehead atoms. The van der Waals surface area contributed by atoms with Crippen molar-refractivity contribution in [1.82, 2.24) is 0 Å². The highest BCUT2D eigenvalue weighted by molar-refractivity contribution is 5.23. The molecule has 1 radical (unpaired) electrons. The third-order valence-electron chi connectivity index (χ3n) is 2.24. The van der Waals surface area contributed by atoms with Crippen molar-refractivity contribution in [2.45, 2.75) is 6.61 Å². The van der Waals surface area contributed by atoms with Gasteiger partial charge in [-0.3, -0.25) is 0 Å². The van der Waals surface area contributed by atoms with Crippen molar-refractivity contribution >= 4 is 0 Å². The van der Waals surface area contributed by atoms with Crippen LogP contribution < -0.4 is 4.74 Å². The van der Waals surface area contributed by atoms with Crippen LogP contribution in [0.4, 0.5) is 17.6 Å². The summed E-state index contributed by atoms with van der Waals surface area (Å²) < 4.78 is 56.7. The van der Waals surface area contributed by atoms with Gasteiger partial charge in [0.15, 0.2) is 17.5 Å². The molecule has 2 aromatic rings. The Morgan fingerprint density at radius 1 is 1.00 bits per heavy atom. The fraction of sp³-hybridized carbons (Fsp3) is 0.0769. The second-order valence-electron chi connectivity index (χ2n) is 3.49. The van der Waals surface area contributed by atoms with Gasteiger partial charge >= 0.3 is 0 Å². The Bertz CT molecular complexity index is 569. The number of benzene rings is 2. The molecule has 0 atom stereocenters. The van der Waals surface area contributed by atoms with Crippen LogP contribution in [0.2, 0.25) is 0 Å². The molecule has 93 valence electrons. The molecule has 18 heavy (non-hydrogen) atoms. The van der Waals surface area contributed by atoms with Crippen molar-refractivity contribution in [1.29, 1.82) is 0 Å². The Hall–Kier alpha value is -2.04. The molecular weight excluding hydrogens is 248 g/mol. The van der Waals surface area contributed by atoms with E-state index in [4.69, 9.17) is 4.74 Å². The van der Waals surface area contributed by atoms with Gasteiger partial charge in [0.2, 0.25) is 0 Å². The molecule has 0 aliphatic rings. The van der Waals surface area contributed by atoms with Crippen molar-refractivity contribution in [2.24, 2.45) is 0 Å². The fourth-order valence-corrected chi connectivity index (χ4v) is 1.33. The first-order valence-electron chi connectivity index (χ1n) is 5.00. The minimum atomic E-state index is -1.56. The van der Waals surface area contributed by atoms with E-state index in [1.165, 1.54) is 12.1 Å². The van der Waals surface area contributed by atoms with Crippen molar-refractivity contribution in [3.05, 3.63) is 65.2 Å². The molecule has 0 aromatic heterocycles. The van der Waals surface area contributed by atoms with Crippen LogP contribution in [-0.2, 0) is 6.61 Å². The fourth-order valence-electron chi connectivity index (χ4n) is 1.33. The van der Waals surface area contributed by atoms with E-state index in [1.54, 1.807) is 0 Å². The zero-order valence-electron chi connectivity index (χ0n) is 9.01. The maximum atomic E-state index is 13.3. The molecule has 0 saturated heterocycles. The van der Waals surface area contributed by atoms with Gasteiger partial charge in [-0.05, 0) is 24.3 Å². The summed E-state index contributed by atoms with van der Waals surface area (Å²) in [6, 6.07) is 7.96. The Labute approximate surface area is 101 Å². The van der Waals surface area contributed by atoms with Gasteiger partial charge in [0.05, 0.1) is 0 Å². The normalized spacial score (nSPS) is 10.4. The summed E-state index contributed by atoms with van der Waals surface area (Å²) in [4.78, 5) is 0. The molecule has 0 aliphatic carbocycles. The van der Waals surface area contributed by atoms with E-state index in [2.05, 4.69) is 6.07 Å². The lowest BCUT2D eigenvalue weighted by Crippen LogP contribution is -2.02. The SMILES string of the molecule is Fc1cc[c]c(OCc2ccc(F)c(F)c2F)c1. The van der Waals surface area contributed by atoms with E-state index in [1.807, 2.05) is 0 Å². The molecule has 0 amide bonds. The van der Waals surface area contributed by atoms with Crippen LogP contribution in [0.3, 0.4) is 0 Å². The zero-order valence-corrected chi connectivity index (χ0v) is 9.01. The van der Waals surface area contributed by atoms with E-state index >= 15 is 0 Å². The van der Waals surface area contributed by atoms with Crippen LogP contribution in [0.25, 0.3) is 0 Å². The summed E-state index contributed by atoms with van der Waals surface area (Å²) in [5, 5.41) is 0. The van der Waals surface area contributed by atoms with Crippen LogP contribution in [0.5, 0.6) is 5.75 Å². The van der Waals surface area contributed by atoms with Gasteiger partial charge in [0.1, 0.15) is 18.2 Å². The molecule has 2 rings (SSSR count). The smallest absolute Gasteiger partial charge is 0.194 e. The molecule has 0 unspecified atom stereocenters. The second-order valence-corrected chi connectivity index (χ2v) is 3.49. The number of rotatable bonds is 3. The van der Waals surface area contributed by atoms with Crippen LogP contribution in [-0.4, -0.2) is 0 Å². The molecule has 0 aliphatic heterocycles. The first kappa shape index (κ1) is 12.4. The minimum absolute atomic E-state index is 0.0548. The Morgan fingerprint density at radius 2 is 1.78 bits per heavy atom. The number of hydrogen-bond acceptors (Lipinski definition) is 1. The Morgan fingerprint density at radius 3 is 2.50 bits per heavy atom. The molecule has 2 aromatic carbocycles. The van der Waals surface area contributed by atoms with Gasteiger partial charge in [-0.2, -0.15) is 0 Å². The molecule has 1 nitrogen and oxygen atoms in total. The van der Waals surface area contributed by atoms with Gasteiger partial charge < -0.3 is 4.74 Å². The average Bonchev–Trinajstić information content (AvgIpc) is 2.35. The first-order valence-corrected chi connectivity index (χ1v) is 5.00. The quantitative estimate of drug-likeness (QED) is 0.601. The zero-order chi connectivity index (χ0) is 13.1. The average molecular weight is 255 g/mol. The van der Waals surface area contributed by atoms with Crippen molar-refractivity contribution < 1.29 is 22.3 Å². The number of halogens is 4. The Kier molecular flexibility index (Phi) is 3.50. The van der Waals surface area contributed by atoms with Crippen LogP contribution in [0.15, 0.2) is 30.3 Å². The maximum absolute atomic E-state index is 13.3. The molecular formula is C13H7F4O. The van der Waals surface area contributed by atoms with Crippen molar-refractivity contribution in [3.63, 3.8) is 0 Å². The van der Waals surface area contributed by atoms with E-state index in [0.717, 1.165) is 18.2 Å². The number of ether oxygens (including phenoxy) is 1. The van der Waals surface area contributed by atoms with Gasteiger partial charge in [-0.1, -0.05) is 0 Å². The van der Waals surface area contributed by atoms with Gasteiger partial charge in [-0.15, -0.1) is 0 Å². The maximum Gasteiger partial charge on any atom is 0.194 e. The van der Waals surface area contributed by atoms with Gasteiger partial charge in [-0.25, -0.2) is 17.6 Å². The molecule has 0 spiro atoms. The van der Waals surface area contributed by atoms with E-state index in [9.17, 15) is 17.6 Å². The lowest BCUT2D eigenvalue weighted by molar-refractivity contribution is 0.293. The highest BCUT2D eigenvalue weighted by atomic mass is 19.2. The lowest BCUT2D eigenvalue weighted by Gasteiger charge is -2.07. The van der Waals surface area contributed by atoms with E-state index in [-0.39, 0.29) is 17.9 Å². The summed E-state index contributed by atoms with van der Waals surface area (Å²) in [5.41, 5.74) is -0.161. The van der Waals surface area contributed by atoms with Gasteiger partial charge in [0, 0.05) is 17.7 Å². The molecule has 0 N–H and O–H groups in total. The summed E-state index contributed by atoms with van der Waals surface area (Å²) in [5.74, 6) is -4.62. The topological polar surface area (TPSA) is 9.23 Å². The monoisotopic (exact) mass is 255 g/mol. The van der Waals surface area contributed by atoms with Crippen LogP contribution >= 0.6 is 0 Å². The molecule has 0 fully saturated rings. The van der Waals surface area contributed by atoms with E-state index < -0.39 is 23.3 Å². The van der Waals surface area contributed by atoms with Crippen molar-refractivity contribution in [2.75, 3.05) is 0 Å². The molecule has 5 heteroatoms. The Balaban J connectivity index is 2.14. The van der Waals surface area contributed by atoms with Crippen LogP contribution in [0, 0.1) is 29.3 Å².